The topological polar surface area (TPSA) is 55.1 Å². The minimum atomic E-state index is -0.117. The molecular formula is C14H19ClN2O. The molecule has 0 aromatic heterocycles. The van der Waals surface area contributed by atoms with Crippen LogP contribution in [0.5, 0.6) is 0 Å². The molecule has 98 valence electrons. The van der Waals surface area contributed by atoms with Crippen molar-refractivity contribution in [3.8, 4) is 0 Å². The second-order valence-electron chi connectivity index (χ2n) is 5.18. The molecule has 1 aromatic rings. The summed E-state index contributed by atoms with van der Waals surface area (Å²) < 4.78 is 0. The number of benzene rings is 1. The number of hydrogen-bond donors (Lipinski definition) is 2. The van der Waals surface area contributed by atoms with Crippen LogP contribution in [-0.4, -0.2) is 5.91 Å². The number of halogens is 1. The fourth-order valence-electron chi connectivity index (χ4n) is 2.45. The molecule has 1 amide bonds. The van der Waals surface area contributed by atoms with E-state index < -0.39 is 0 Å². The van der Waals surface area contributed by atoms with Crippen LogP contribution in [-0.2, 0) is 4.79 Å². The van der Waals surface area contributed by atoms with Crippen molar-refractivity contribution in [2.24, 2.45) is 11.7 Å². The number of carbonyl (C=O) groups is 1. The summed E-state index contributed by atoms with van der Waals surface area (Å²) in [5, 5.41) is 3.60. The first-order valence-corrected chi connectivity index (χ1v) is 6.73. The maximum atomic E-state index is 11.9. The maximum Gasteiger partial charge on any atom is 0.232 e. The van der Waals surface area contributed by atoms with E-state index in [1.165, 1.54) is 0 Å². The summed E-state index contributed by atoms with van der Waals surface area (Å²) in [6, 6.07) is 3.62. The molecule has 0 saturated carbocycles. The molecule has 3 nitrogen and oxygen atoms in total. The number of anilines is 1. The lowest BCUT2D eigenvalue weighted by Crippen LogP contribution is -2.18. The smallest absolute Gasteiger partial charge is 0.232 e. The molecule has 1 aliphatic rings. The first-order chi connectivity index (χ1) is 8.45. The normalized spacial score (nSPS) is 19.9. The highest BCUT2D eigenvalue weighted by Crippen LogP contribution is 2.41. The molecule has 0 saturated heterocycles. The number of rotatable bonds is 3. The maximum absolute atomic E-state index is 11.9. The van der Waals surface area contributed by atoms with Gasteiger partial charge in [-0.1, -0.05) is 32.4 Å². The number of carbonyl (C=O) groups excluding carboxylic acids is 1. The van der Waals surface area contributed by atoms with Crippen LogP contribution in [0.3, 0.4) is 0 Å². The third-order valence-corrected chi connectivity index (χ3v) is 3.81. The molecular weight excluding hydrogens is 248 g/mol. The van der Waals surface area contributed by atoms with Gasteiger partial charge in [-0.2, -0.15) is 0 Å². The third kappa shape index (κ3) is 2.13. The molecule has 1 aliphatic heterocycles. The number of nitrogens with one attached hydrogen (secondary N) is 1. The van der Waals surface area contributed by atoms with Gasteiger partial charge in [0, 0.05) is 16.8 Å². The lowest BCUT2D eigenvalue weighted by atomic mass is 9.91. The fraction of sp³-hybridized carbons (Fsp3) is 0.500. The molecule has 1 heterocycles. The Balaban J connectivity index is 2.55. The second-order valence-corrected chi connectivity index (χ2v) is 5.62. The zero-order valence-corrected chi connectivity index (χ0v) is 11.7. The Morgan fingerprint density at radius 3 is 2.67 bits per heavy atom. The van der Waals surface area contributed by atoms with Crippen LogP contribution in [0.2, 0.25) is 5.02 Å². The highest BCUT2D eigenvalue weighted by molar-refractivity contribution is 6.31. The summed E-state index contributed by atoms with van der Waals surface area (Å²) in [5.41, 5.74) is 9.00. The van der Waals surface area contributed by atoms with Crippen molar-refractivity contribution < 1.29 is 4.79 Å². The summed E-state index contributed by atoms with van der Waals surface area (Å²) in [4.78, 5) is 11.9. The molecule has 0 fully saturated rings. The van der Waals surface area contributed by atoms with Gasteiger partial charge in [-0.3, -0.25) is 4.79 Å². The average Bonchev–Trinajstić information content (AvgIpc) is 2.62. The van der Waals surface area contributed by atoms with Crippen molar-refractivity contribution in [2.75, 3.05) is 5.32 Å². The first-order valence-electron chi connectivity index (χ1n) is 6.35. The van der Waals surface area contributed by atoms with Gasteiger partial charge < -0.3 is 11.1 Å². The van der Waals surface area contributed by atoms with Crippen molar-refractivity contribution in [3.63, 3.8) is 0 Å². The van der Waals surface area contributed by atoms with Crippen molar-refractivity contribution in [3.05, 3.63) is 28.3 Å². The van der Waals surface area contributed by atoms with Gasteiger partial charge in [0.1, 0.15) is 0 Å². The van der Waals surface area contributed by atoms with Gasteiger partial charge in [-0.15, -0.1) is 0 Å². The number of nitrogens with two attached hydrogens (primary N) is 1. The van der Waals surface area contributed by atoms with Gasteiger partial charge >= 0.3 is 0 Å². The first kappa shape index (κ1) is 13.4. The van der Waals surface area contributed by atoms with Gasteiger partial charge in [-0.05, 0) is 35.6 Å². The number of amides is 1. The molecule has 2 unspecified atom stereocenters. The van der Waals surface area contributed by atoms with Gasteiger partial charge in [0.25, 0.3) is 0 Å². The monoisotopic (exact) mass is 266 g/mol. The lowest BCUT2D eigenvalue weighted by molar-refractivity contribution is -0.117. The van der Waals surface area contributed by atoms with Crippen LogP contribution in [0.1, 0.15) is 50.3 Å². The van der Waals surface area contributed by atoms with Crippen molar-refractivity contribution in [1.29, 1.82) is 0 Å². The lowest BCUT2D eigenvalue weighted by Gasteiger charge is -2.20. The summed E-state index contributed by atoms with van der Waals surface area (Å²) in [5.74, 6) is 0.244. The Labute approximate surface area is 113 Å². The molecule has 2 rings (SSSR count). The van der Waals surface area contributed by atoms with Gasteiger partial charge in [0.2, 0.25) is 5.91 Å². The number of fused-ring (bicyclic) bond motifs is 1. The SMILES string of the molecule is CCC1C(=O)Nc2c1cc(Cl)cc2C(N)C(C)C. The fourth-order valence-corrected chi connectivity index (χ4v) is 2.68. The van der Waals surface area contributed by atoms with Crippen molar-refractivity contribution in [1.82, 2.24) is 0 Å². The van der Waals surface area contributed by atoms with Crippen LogP contribution in [0.4, 0.5) is 5.69 Å². The van der Waals surface area contributed by atoms with E-state index in [1.54, 1.807) is 0 Å². The summed E-state index contributed by atoms with van der Waals surface area (Å²) in [6.45, 7) is 6.13. The van der Waals surface area contributed by atoms with E-state index in [-0.39, 0.29) is 17.9 Å². The number of hydrogen-bond acceptors (Lipinski definition) is 2. The molecule has 18 heavy (non-hydrogen) atoms. The van der Waals surface area contributed by atoms with Gasteiger partial charge in [-0.25, -0.2) is 0 Å². The van der Waals surface area contributed by atoms with E-state index in [2.05, 4.69) is 19.2 Å². The minimum absolute atomic E-state index is 0.0481. The van der Waals surface area contributed by atoms with Crippen LogP contribution in [0, 0.1) is 5.92 Å². The average molecular weight is 267 g/mol. The molecule has 0 spiro atoms. The van der Waals surface area contributed by atoms with Gasteiger partial charge in [0.05, 0.1) is 5.92 Å². The molecule has 3 N–H and O–H groups in total. The van der Waals surface area contributed by atoms with E-state index in [4.69, 9.17) is 17.3 Å². The van der Waals surface area contributed by atoms with Crippen molar-refractivity contribution in [2.45, 2.75) is 39.2 Å². The Morgan fingerprint density at radius 2 is 2.11 bits per heavy atom. The van der Waals surface area contributed by atoms with E-state index in [9.17, 15) is 4.79 Å². The second kappa shape index (κ2) is 4.90. The summed E-state index contributed by atoms with van der Waals surface area (Å²) in [6.07, 6.45) is 0.773. The molecule has 4 heteroatoms. The Morgan fingerprint density at radius 1 is 1.44 bits per heavy atom. The largest absolute Gasteiger partial charge is 0.325 e. The minimum Gasteiger partial charge on any atom is -0.325 e. The van der Waals surface area contributed by atoms with E-state index in [0.29, 0.717) is 10.9 Å². The quantitative estimate of drug-likeness (QED) is 0.881. The molecule has 0 radical (unpaired) electrons. The van der Waals surface area contributed by atoms with Crippen LogP contribution in [0.15, 0.2) is 12.1 Å². The Kier molecular flexibility index (Phi) is 3.64. The molecule has 1 aromatic carbocycles. The molecule has 0 bridgehead atoms. The summed E-state index contributed by atoms with van der Waals surface area (Å²) in [7, 11) is 0. The zero-order chi connectivity index (χ0) is 13.4. The Hall–Kier alpha value is -1.06. The molecule has 0 aliphatic carbocycles. The van der Waals surface area contributed by atoms with E-state index in [0.717, 1.165) is 23.2 Å². The predicted octanol–water partition coefficient (Wildman–Crippen LogP) is 3.44. The van der Waals surface area contributed by atoms with E-state index >= 15 is 0 Å². The predicted molar refractivity (Wildman–Crippen MR) is 74.9 cm³/mol. The van der Waals surface area contributed by atoms with Crippen LogP contribution >= 0.6 is 11.6 Å². The van der Waals surface area contributed by atoms with Gasteiger partial charge in [0.15, 0.2) is 0 Å². The van der Waals surface area contributed by atoms with Crippen LogP contribution in [0.25, 0.3) is 0 Å². The molecule has 2 atom stereocenters. The van der Waals surface area contributed by atoms with E-state index in [1.807, 2.05) is 19.1 Å². The standard InChI is InChI=1S/C14H19ClN2O/c1-4-9-10-5-8(15)6-11(12(16)7(2)3)13(10)17-14(9)18/h5-7,9,12H,4,16H2,1-3H3,(H,17,18). The highest BCUT2D eigenvalue weighted by atomic mass is 35.5. The van der Waals surface area contributed by atoms with Crippen LogP contribution < -0.4 is 11.1 Å². The summed E-state index contributed by atoms with van der Waals surface area (Å²) >= 11 is 6.15. The Bertz CT molecular complexity index is 485. The zero-order valence-electron chi connectivity index (χ0n) is 11.0. The van der Waals surface area contributed by atoms with Crippen molar-refractivity contribution >= 4 is 23.2 Å². The third-order valence-electron chi connectivity index (χ3n) is 3.59. The highest BCUT2D eigenvalue weighted by Gasteiger charge is 2.32.